The molecule has 0 aliphatic carbocycles. The van der Waals surface area contributed by atoms with Crippen LogP contribution in [0.4, 0.5) is 0 Å². The van der Waals surface area contributed by atoms with Gasteiger partial charge in [-0.2, -0.15) is 0 Å². The third-order valence-corrected chi connectivity index (χ3v) is 3.55. The first-order valence-corrected chi connectivity index (χ1v) is 6.28. The lowest BCUT2D eigenvalue weighted by atomic mass is 9.83. The molecule has 0 aromatic carbocycles. The van der Waals surface area contributed by atoms with Crippen molar-refractivity contribution < 1.29 is 9.90 Å². The van der Waals surface area contributed by atoms with Gasteiger partial charge in [-0.15, -0.1) is 0 Å². The molecule has 1 rings (SSSR count). The zero-order valence-corrected chi connectivity index (χ0v) is 11.0. The van der Waals surface area contributed by atoms with E-state index in [2.05, 4.69) is 32.6 Å². The van der Waals surface area contributed by atoms with Crippen LogP contribution in [-0.2, 0) is 4.79 Å². The molecule has 0 saturated carbocycles. The zero-order chi connectivity index (χ0) is 12.3. The predicted octanol–water partition coefficient (Wildman–Crippen LogP) is 2.61. The van der Waals surface area contributed by atoms with Crippen LogP contribution in [0.2, 0.25) is 0 Å². The minimum absolute atomic E-state index is 0.235. The van der Waals surface area contributed by atoms with Crippen molar-refractivity contribution in [1.29, 1.82) is 0 Å². The van der Waals surface area contributed by atoms with Gasteiger partial charge in [0.1, 0.15) is 0 Å². The quantitative estimate of drug-likeness (QED) is 0.802. The maximum Gasteiger partial charge on any atom is 0.303 e. The summed E-state index contributed by atoms with van der Waals surface area (Å²) in [5, 5.41) is 8.85. The van der Waals surface area contributed by atoms with Crippen LogP contribution < -0.4 is 0 Å². The molecule has 0 aromatic heterocycles. The highest BCUT2D eigenvalue weighted by Gasteiger charge is 2.34. The van der Waals surface area contributed by atoms with Crippen LogP contribution in [0.3, 0.4) is 0 Å². The number of rotatable bonds is 4. The van der Waals surface area contributed by atoms with E-state index in [4.69, 9.17) is 5.11 Å². The van der Waals surface area contributed by atoms with E-state index in [9.17, 15) is 4.79 Å². The number of carboxylic acids is 1. The third-order valence-electron chi connectivity index (χ3n) is 3.55. The lowest BCUT2D eigenvalue weighted by molar-refractivity contribution is -0.139. The SMILES string of the molecule is CC(C)CN1CC(CC(=O)O)CCC1(C)C. The Morgan fingerprint density at radius 2 is 2.12 bits per heavy atom. The highest BCUT2D eigenvalue weighted by Crippen LogP contribution is 2.32. The highest BCUT2D eigenvalue weighted by molar-refractivity contribution is 5.67. The minimum atomic E-state index is -0.658. The first-order chi connectivity index (χ1) is 7.31. The largest absolute Gasteiger partial charge is 0.481 e. The van der Waals surface area contributed by atoms with E-state index in [0.29, 0.717) is 18.3 Å². The Hall–Kier alpha value is -0.570. The van der Waals surface area contributed by atoms with Crippen LogP contribution in [0.15, 0.2) is 0 Å². The number of carboxylic acid groups (broad SMARTS) is 1. The van der Waals surface area contributed by atoms with Crippen molar-refractivity contribution in [2.45, 2.75) is 52.5 Å². The van der Waals surface area contributed by atoms with Crippen LogP contribution in [0.1, 0.15) is 47.0 Å². The topological polar surface area (TPSA) is 40.5 Å². The Kier molecular flexibility index (Phi) is 4.36. The smallest absolute Gasteiger partial charge is 0.303 e. The summed E-state index contributed by atoms with van der Waals surface area (Å²) in [5.74, 6) is 0.321. The standard InChI is InChI=1S/C13H25NO2/c1-10(2)8-14-9-11(7-12(15)16)5-6-13(14,3)4/h10-11H,5-9H2,1-4H3,(H,15,16). The van der Waals surface area contributed by atoms with E-state index in [-0.39, 0.29) is 5.54 Å². The Bertz CT molecular complexity index is 248. The van der Waals surface area contributed by atoms with Gasteiger partial charge < -0.3 is 5.11 Å². The average Bonchev–Trinajstić information content (AvgIpc) is 2.09. The molecule has 1 aliphatic heterocycles. The summed E-state index contributed by atoms with van der Waals surface area (Å²) in [7, 11) is 0. The monoisotopic (exact) mass is 227 g/mol. The highest BCUT2D eigenvalue weighted by atomic mass is 16.4. The van der Waals surface area contributed by atoms with Gasteiger partial charge in [0, 0.05) is 25.0 Å². The molecule has 1 fully saturated rings. The van der Waals surface area contributed by atoms with E-state index in [1.807, 2.05) is 0 Å². The molecule has 0 amide bonds. The van der Waals surface area contributed by atoms with Crippen LogP contribution in [-0.4, -0.2) is 34.6 Å². The average molecular weight is 227 g/mol. The van der Waals surface area contributed by atoms with E-state index < -0.39 is 5.97 Å². The number of piperidine rings is 1. The van der Waals surface area contributed by atoms with E-state index in [1.165, 1.54) is 0 Å². The lowest BCUT2D eigenvalue weighted by Crippen LogP contribution is -2.51. The van der Waals surface area contributed by atoms with E-state index >= 15 is 0 Å². The van der Waals surface area contributed by atoms with E-state index in [1.54, 1.807) is 0 Å². The van der Waals surface area contributed by atoms with Gasteiger partial charge in [0.25, 0.3) is 0 Å². The molecule has 0 aromatic rings. The molecule has 1 heterocycles. The minimum Gasteiger partial charge on any atom is -0.481 e. The van der Waals surface area contributed by atoms with Crippen molar-refractivity contribution in [3.63, 3.8) is 0 Å². The van der Waals surface area contributed by atoms with Crippen LogP contribution in [0.5, 0.6) is 0 Å². The number of aliphatic carboxylic acids is 1. The lowest BCUT2D eigenvalue weighted by Gasteiger charge is -2.46. The van der Waals surface area contributed by atoms with Crippen molar-refractivity contribution in [1.82, 2.24) is 4.90 Å². The van der Waals surface area contributed by atoms with Gasteiger partial charge in [0.05, 0.1) is 0 Å². The second-order valence-corrected chi connectivity index (χ2v) is 6.11. The number of nitrogens with zero attached hydrogens (tertiary/aromatic N) is 1. The summed E-state index contributed by atoms with van der Waals surface area (Å²) in [6, 6.07) is 0. The molecule has 0 bridgehead atoms. The number of carbonyl (C=O) groups is 1. The Labute approximate surface area is 98.8 Å². The summed E-state index contributed by atoms with van der Waals surface area (Å²) in [6.45, 7) is 11.0. The maximum atomic E-state index is 10.7. The molecular weight excluding hydrogens is 202 g/mol. The van der Waals surface area contributed by atoms with Crippen LogP contribution in [0, 0.1) is 11.8 Å². The second kappa shape index (κ2) is 5.17. The summed E-state index contributed by atoms with van der Waals surface area (Å²) in [4.78, 5) is 13.2. The van der Waals surface area contributed by atoms with Gasteiger partial charge >= 0.3 is 5.97 Å². The third kappa shape index (κ3) is 3.78. The molecule has 1 N–H and O–H groups in total. The molecule has 0 spiro atoms. The van der Waals surface area contributed by atoms with Crippen molar-refractivity contribution in [3.05, 3.63) is 0 Å². The summed E-state index contributed by atoms with van der Waals surface area (Å²) in [6.07, 6.45) is 2.48. The predicted molar refractivity (Wildman–Crippen MR) is 65.5 cm³/mol. The molecule has 1 aliphatic rings. The summed E-state index contributed by atoms with van der Waals surface area (Å²) in [5.41, 5.74) is 0.235. The fourth-order valence-electron chi connectivity index (χ4n) is 2.54. The van der Waals surface area contributed by atoms with Crippen LogP contribution in [0.25, 0.3) is 0 Å². The first kappa shape index (κ1) is 13.5. The molecule has 94 valence electrons. The fourth-order valence-corrected chi connectivity index (χ4v) is 2.54. The number of likely N-dealkylation sites (tertiary alicyclic amines) is 1. The molecule has 3 nitrogen and oxygen atoms in total. The molecular formula is C13H25NO2. The van der Waals surface area contributed by atoms with Gasteiger partial charge in [-0.05, 0) is 38.5 Å². The molecule has 1 saturated heterocycles. The van der Waals surface area contributed by atoms with Crippen molar-refractivity contribution in [2.75, 3.05) is 13.1 Å². The molecule has 1 atom stereocenters. The Morgan fingerprint density at radius 1 is 1.50 bits per heavy atom. The zero-order valence-electron chi connectivity index (χ0n) is 11.0. The maximum absolute atomic E-state index is 10.7. The van der Waals surface area contributed by atoms with Crippen molar-refractivity contribution in [3.8, 4) is 0 Å². The molecule has 1 unspecified atom stereocenters. The summed E-state index contributed by atoms with van der Waals surface area (Å²) >= 11 is 0. The van der Waals surface area contributed by atoms with Gasteiger partial charge in [-0.25, -0.2) is 0 Å². The molecule has 0 radical (unpaired) electrons. The van der Waals surface area contributed by atoms with Crippen molar-refractivity contribution >= 4 is 5.97 Å². The fraction of sp³-hybridized carbons (Fsp3) is 0.923. The van der Waals surface area contributed by atoms with Gasteiger partial charge in [0.2, 0.25) is 0 Å². The number of hydrogen-bond acceptors (Lipinski definition) is 2. The van der Waals surface area contributed by atoms with E-state index in [0.717, 1.165) is 25.9 Å². The summed E-state index contributed by atoms with van der Waals surface area (Å²) < 4.78 is 0. The first-order valence-electron chi connectivity index (χ1n) is 6.28. The van der Waals surface area contributed by atoms with Gasteiger partial charge in [0.15, 0.2) is 0 Å². The Balaban J connectivity index is 2.58. The Morgan fingerprint density at radius 3 is 2.62 bits per heavy atom. The van der Waals surface area contributed by atoms with Gasteiger partial charge in [-0.1, -0.05) is 13.8 Å². The van der Waals surface area contributed by atoms with Gasteiger partial charge in [-0.3, -0.25) is 9.69 Å². The normalized spacial score (nSPS) is 25.9. The van der Waals surface area contributed by atoms with Crippen molar-refractivity contribution in [2.24, 2.45) is 11.8 Å². The van der Waals surface area contributed by atoms with Crippen LogP contribution >= 0.6 is 0 Å². The second-order valence-electron chi connectivity index (χ2n) is 6.11. The number of hydrogen-bond donors (Lipinski definition) is 1. The molecule has 16 heavy (non-hydrogen) atoms. The molecule has 3 heteroatoms.